The first-order chi connectivity index (χ1) is 13.5. The quantitative estimate of drug-likeness (QED) is 0.809. The summed E-state index contributed by atoms with van der Waals surface area (Å²) >= 11 is 0. The molecule has 1 N–H and O–H groups in total. The van der Waals surface area contributed by atoms with Crippen molar-refractivity contribution in [2.75, 3.05) is 10.3 Å². The van der Waals surface area contributed by atoms with Crippen molar-refractivity contribution in [2.24, 2.45) is 5.10 Å². The Balaban J connectivity index is 1.67. The highest BCUT2D eigenvalue weighted by Crippen LogP contribution is 2.20. The van der Waals surface area contributed by atoms with E-state index >= 15 is 0 Å². The molecule has 1 unspecified atom stereocenters. The number of anilines is 2. The third-order valence-corrected chi connectivity index (χ3v) is 4.32. The maximum absolute atomic E-state index is 12.4. The van der Waals surface area contributed by atoms with Crippen LogP contribution < -0.4 is 10.3 Å². The van der Waals surface area contributed by atoms with Gasteiger partial charge in [0.15, 0.2) is 6.10 Å². The molecule has 0 radical (unpaired) electrons. The van der Waals surface area contributed by atoms with Crippen LogP contribution in [0, 0.1) is 6.92 Å². The van der Waals surface area contributed by atoms with Crippen LogP contribution in [0.3, 0.4) is 0 Å². The molecule has 2 aromatic carbocycles. The predicted molar refractivity (Wildman–Crippen MR) is 106 cm³/mol. The Morgan fingerprint density at radius 3 is 2.46 bits per heavy atom. The number of hydrogen-bond donors (Lipinski definition) is 1. The Labute approximate surface area is 163 Å². The van der Waals surface area contributed by atoms with Crippen LogP contribution in [0.2, 0.25) is 0 Å². The Hall–Kier alpha value is -3.48. The van der Waals surface area contributed by atoms with E-state index in [1.165, 1.54) is 11.9 Å². The number of aryl methyl sites for hydroxylation is 1. The van der Waals surface area contributed by atoms with E-state index in [0.717, 1.165) is 5.56 Å². The molecule has 1 atom stereocenters. The first kappa shape index (κ1) is 19.3. The number of ether oxygens (including phenoxy) is 1. The largest absolute Gasteiger partial charge is 0.448 e. The van der Waals surface area contributed by atoms with Gasteiger partial charge in [-0.05, 0) is 37.6 Å². The van der Waals surface area contributed by atoms with Gasteiger partial charge in [0.05, 0.1) is 5.69 Å². The molecule has 7 heteroatoms. The van der Waals surface area contributed by atoms with E-state index in [0.29, 0.717) is 11.4 Å². The fourth-order valence-corrected chi connectivity index (χ4v) is 2.70. The molecule has 2 amide bonds. The number of rotatable bonds is 5. The second kappa shape index (κ2) is 8.47. The van der Waals surface area contributed by atoms with Crippen molar-refractivity contribution in [3.05, 3.63) is 60.2 Å². The molecule has 0 spiro atoms. The van der Waals surface area contributed by atoms with Crippen molar-refractivity contribution in [2.45, 2.75) is 32.8 Å². The molecule has 0 bridgehead atoms. The molecule has 3 rings (SSSR count). The first-order valence-corrected chi connectivity index (χ1v) is 8.98. The summed E-state index contributed by atoms with van der Waals surface area (Å²) in [6.07, 6.45) is -0.683. The molecule has 7 nitrogen and oxygen atoms in total. The maximum atomic E-state index is 12.4. The second-order valence-corrected chi connectivity index (χ2v) is 6.44. The number of amides is 2. The van der Waals surface area contributed by atoms with Gasteiger partial charge < -0.3 is 10.1 Å². The summed E-state index contributed by atoms with van der Waals surface area (Å²) in [7, 11) is 0. The first-order valence-electron chi connectivity index (χ1n) is 8.98. The average Bonchev–Trinajstić information content (AvgIpc) is 2.70. The topological polar surface area (TPSA) is 88.1 Å². The average molecular weight is 379 g/mol. The molecule has 0 fully saturated rings. The molecule has 0 saturated carbocycles. The SMILES string of the molecule is Cc1ccccc1NC(=O)C(C)OC(=O)C1=NN(c2ccccc2)C(=O)CC1. The van der Waals surface area contributed by atoms with E-state index in [4.69, 9.17) is 4.74 Å². The number of para-hydroxylation sites is 2. The predicted octanol–water partition coefficient (Wildman–Crippen LogP) is 3.05. The van der Waals surface area contributed by atoms with Gasteiger partial charge in [-0.3, -0.25) is 9.59 Å². The summed E-state index contributed by atoms with van der Waals surface area (Å²) in [5.41, 5.74) is 2.25. The van der Waals surface area contributed by atoms with Gasteiger partial charge in [0.2, 0.25) is 5.91 Å². The van der Waals surface area contributed by atoms with Gasteiger partial charge in [-0.2, -0.15) is 5.10 Å². The summed E-state index contributed by atoms with van der Waals surface area (Å²) in [6, 6.07) is 16.2. The van der Waals surface area contributed by atoms with Crippen molar-refractivity contribution in [3.8, 4) is 0 Å². The number of hydrogen-bond acceptors (Lipinski definition) is 5. The van der Waals surface area contributed by atoms with Gasteiger partial charge in [0.1, 0.15) is 5.71 Å². The van der Waals surface area contributed by atoms with E-state index in [2.05, 4.69) is 10.4 Å². The Kier molecular flexibility index (Phi) is 5.84. The van der Waals surface area contributed by atoms with Crippen molar-refractivity contribution in [1.82, 2.24) is 0 Å². The van der Waals surface area contributed by atoms with E-state index < -0.39 is 18.0 Å². The van der Waals surface area contributed by atoms with Gasteiger partial charge >= 0.3 is 5.97 Å². The number of hydrazone groups is 1. The van der Waals surface area contributed by atoms with Crippen molar-refractivity contribution in [1.29, 1.82) is 0 Å². The fraction of sp³-hybridized carbons (Fsp3) is 0.238. The van der Waals surface area contributed by atoms with E-state index in [-0.39, 0.29) is 24.5 Å². The summed E-state index contributed by atoms with van der Waals surface area (Å²) in [6.45, 7) is 3.37. The molecular formula is C21H21N3O4. The molecule has 1 aliphatic rings. The normalized spacial score (nSPS) is 14.9. The minimum Gasteiger partial charge on any atom is -0.448 e. The van der Waals surface area contributed by atoms with Crippen LogP contribution in [0.1, 0.15) is 25.3 Å². The summed E-state index contributed by atoms with van der Waals surface area (Å²) in [5, 5.41) is 8.07. The van der Waals surface area contributed by atoms with E-state index in [1.54, 1.807) is 30.3 Å². The molecule has 1 aliphatic heterocycles. The van der Waals surface area contributed by atoms with Crippen LogP contribution in [-0.2, 0) is 19.1 Å². The van der Waals surface area contributed by atoms with Crippen LogP contribution in [0.4, 0.5) is 11.4 Å². The number of nitrogens with zero attached hydrogens (tertiary/aromatic N) is 2. The minimum atomic E-state index is -1.00. The molecule has 0 saturated heterocycles. The zero-order valence-electron chi connectivity index (χ0n) is 15.7. The Bertz CT molecular complexity index is 924. The number of carbonyl (C=O) groups is 3. The maximum Gasteiger partial charge on any atom is 0.355 e. The molecule has 0 aromatic heterocycles. The lowest BCUT2D eigenvalue weighted by Gasteiger charge is -2.23. The minimum absolute atomic E-state index is 0.110. The lowest BCUT2D eigenvalue weighted by Crippen LogP contribution is -2.37. The van der Waals surface area contributed by atoms with Crippen LogP contribution >= 0.6 is 0 Å². The number of esters is 1. The Morgan fingerprint density at radius 1 is 1.07 bits per heavy atom. The van der Waals surface area contributed by atoms with Gasteiger partial charge in [0, 0.05) is 18.5 Å². The lowest BCUT2D eigenvalue weighted by atomic mass is 10.1. The monoisotopic (exact) mass is 379 g/mol. The summed E-state index contributed by atoms with van der Waals surface area (Å²) in [5.74, 6) is -1.34. The molecule has 144 valence electrons. The Morgan fingerprint density at radius 2 is 1.75 bits per heavy atom. The van der Waals surface area contributed by atoms with E-state index in [9.17, 15) is 14.4 Å². The third kappa shape index (κ3) is 4.43. The summed E-state index contributed by atoms with van der Waals surface area (Å²) in [4.78, 5) is 36.9. The lowest BCUT2D eigenvalue weighted by molar-refractivity contribution is -0.146. The zero-order valence-corrected chi connectivity index (χ0v) is 15.7. The third-order valence-electron chi connectivity index (χ3n) is 4.32. The number of carbonyl (C=O) groups excluding carboxylic acids is 3. The molecule has 2 aromatic rings. The highest BCUT2D eigenvalue weighted by atomic mass is 16.5. The van der Waals surface area contributed by atoms with Gasteiger partial charge in [-0.1, -0.05) is 36.4 Å². The van der Waals surface area contributed by atoms with Crippen molar-refractivity contribution < 1.29 is 19.1 Å². The highest BCUT2D eigenvalue weighted by molar-refractivity contribution is 6.38. The van der Waals surface area contributed by atoms with Crippen LogP contribution in [0.25, 0.3) is 0 Å². The highest BCUT2D eigenvalue weighted by Gasteiger charge is 2.28. The van der Waals surface area contributed by atoms with Gasteiger partial charge in [0.25, 0.3) is 5.91 Å². The number of benzene rings is 2. The van der Waals surface area contributed by atoms with Gasteiger partial charge in [-0.25, -0.2) is 9.80 Å². The molecule has 1 heterocycles. The van der Waals surface area contributed by atoms with Crippen molar-refractivity contribution >= 4 is 34.9 Å². The van der Waals surface area contributed by atoms with Crippen LogP contribution in [0.5, 0.6) is 0 Å². The van der Waals surface area contributed by atoms with E-state index in [1.807, 2.05) is 31.2 Å². The molecular weight excluding hydrogens is 358 g/mol. The van der Waals surface area contributed by atoms with Crippen LogP contribution in [-0.4, -0.2) is 29.6 Å². The molecule has 0 aliphatic carbocycles. The number of nitrogens with one attached hydrogen (secondary N) is 1. The smallest absolute Gasteiger partial charge is 0.355 e. The van der Waals surface area contributed by atoms with Gasteiger partial charge in [-0.15, -0.1) is 0 Å². The van der Waals surface area contributed by atoms with Crippen molar-refractivity contribution in [3.63, 3.8) is 0 Å². The summed E-state index contributed by atoms with van der Waals surface area (Å²) < 4.78 is 5.26. The zero-order chi connectivity index (χ0) is 20.1. The second-order valence-electron chi connectivity index (χ2n) is 6.44. The molecule has 28 heavy (non-hydrogen) atoms. The van der Waals surface area contributed by atoms with Crippen LogP contribution in [0.15, 0.2) is 59.7 Å². The fourth-order valence-electron chi connectivity index (χ4n) is 2.70. The standard InChI is InChI=1S/C21H21N3O4/c1-14-8-6-7-11-17(14)22-20(26)15(2)28-21(27)18-12-13-19(25)24(23-18)16-9-4-3-5-10-16/h3-11,15H,12-13H2,1-2H3,(H,22,26).